The molecule has 1 aliphatic heterocycles. The molecule has 0 saturated carbocycles. The fraction of sp³-hybridized carbons (Fsp3) is 0.200. The number of fused-ring (bicyclic) bond motifs is 1. The zero-order chi connectivity index (χ0) is 9.26. The van der Waals surface area contributed by atoms with Crippen molar-refractivity contribution in [2.45, 2.75) is 6.04 Å². The Balaban J connectivity index is 2.35. The summed E-state index contributed by atoms with van der Waals surface area (Å²) in [5.74, 6) is 1.54. The van der Waals surface area contributed by atoms with Gasteiger partial charge in [-0.2, -0.15) is 0 Å². The maximum atomic E-state index is 5.77. The van der Waals surface area contributed by atoms with Crippen LogP contribution in [0.1, 0.15) is 11.6 Å². The maximum absolute atomic E-state index is 5.77. The van der Waals surface area contributed by atoms with Gasteiger partial charge in [-0.05, 0) is 17.7 Å². The molecule has 1 aromatic carbocycles. The molecule has 1 atom stereocenters. The molecule has 0 radical (unpaired) electrons. The Hall–Kier alpha value is -1.48. The van der Waals surface area contributed by atoms with Gasteiger partial charge < -0.3 is 15.2 Å². The van der Waals surface area contributed by atoms with E-state index in [4.69, 9.17) is 15.2 Å². The summed E-state index contributed by atoms with van der Waals surface area (Å²) in [6, 6.07) is 5.52. The highest BCUT2D eigenvalue weighted by atomic mass is 16.7. The van der Waals surface area contributed by atoms with Crippen LogP contribution in [-0.4, -0.2) is 6.79 Å². The predicted molar refractivity (Wildman–Crippen MR) is 49.7 cm³/mol. The van der Waals surface area contributed by atoms with Gasteiger partial charge in [0.15, 0.2) is 11.5 Å². The fourth-order valence-corrected chi connectivity index (χ4v) is 1.26. The van der Waals surface area contributed by atoms with Crippen LogP contribution < -0.4 is 15.2 Å². The van der Waals surface area contributed by atoms with Crippen molar-refractivity contribution >= 4 is 0 Å². The van der Waals surface area contributed by atoms with E-state index in [1.165, 1.54) is 0 Å². The van der Waals surface area contributed by atoms with E-state index in [2.05, 4.69) is 6.58 Å². The summed E-state index contributed by atoms with van der Waals surface area (Å²) in [7, 11) is 0. The highest BCUT2D eigenvalue weighted by molar-refractivity contribution is 5.45. The topological polar surface area (TPSA) is 44.5 Å². The standard InChI is InChI=1S/C10H11NO2/c1-2-8(11)7-3-4-9-10(5-7)13-6-12-9/h2-5,8H,1,6,11H2/t8-/m1/s1. The average molecular weight is 177 g/mol. The lowest BCUT2D eigenvalue weighted by molar-refractivity contribution is 0.174. The molecule has 1 aromatic rings. The van der Waals surface area contributed by atoms with Gasteiger partial charge in [0.05, 0.1) is 0 Å². The smallest absolute Gasteiger partial charge is 0.231 e. The van der Waals surface area contributed by atoms with Crippen LogP contribution in [0.15, 0.2) is 30.9 Å². The van der Waals surface area contributed by atoms with E-state index in [0.29, 0.717) is 6.79 Å². The number of ether oxygens (including phenoxy) is 2. The third kappa shape index (κ3) is 1.38. The Morgan fingerprint density at radius 1 is 1.38 bits per heavy atom. The summed E-state index contributed by atoms with van der Waals surface area (Å²) in [5, 5.41) is 0. The molecular weight excluding hydrogens is 166 g/mol. The minimum absolute atomic E-state index is 0.144. The van der Waals surface area contributed by atoms with Gasteiger partial charge in [-0.25, -0.2) is 0 Å². The molecule has 1 aliphatic rings. The average Bonchev–Trinajstić information content (AvgIpc) is 2.63. The third-order valence-corrected chi connectivity index (χ3v) is 2.04. The summed E-state index contributed by atoms with van der Waals surface area (Å²) in [6.45, 7) is 3.93. The zero-order valence-corrected chi connectivity index (χ0v) is 7.19. The molecule has 3 nitrogen and oxygen atoms in total. The fourth-order valence-electron chi connectivity index (χ4n) is 1.26. The molecule has 0 fully saturated rings. The van der Waals surface area contributed by atoms with E-state index in [-0.39, 0.29) is 6.04 Å². The highest BCUT2D eigenvalue weighted by Gasteiger charge is 2.14. The second-order valence-corrected chi connectivity index (χ2v) is 2.87. The molecular formula is C10H11NO2. The molecule has 13 heavy (non-hydrogen) atoms. The SMILES string of the molecule is C=C[C@@H](N)c1ccc2c(c1)OCO2. The van der Waals surface area contributed by atoms with Crippen LogP contribution in [-0.2, 0) is 0 Å². The van der Waals surface area contributed by atoms with Crippen molar-refractivity contribution in [2.75, 3.05) is 6.79 Å². The molecule has 0 bridgehead atoms. The Morgan fingerprint density at radius 2 is 2.15 bits per heavy atom. The molecule has 0 spiro atoms. The Kier molecular flexibility index (Phi) is 1.94. The lowest BCUT2D eigenvalue weighted by Crippen LogP contribution is -2.05. The van der Waals surface area contributed by atoms with Crippen molar-refractivity contribution < 1.29 is 9.47 Å². The second-order valence-electron chi connectivity index (χ2n) is 2.87. The van der Waals surface area contributed by atoms with Gasteiger partial charge >= 0.3 is 0 Å². The van der Waals surface area contributed by atoms with Crippen molar-refractivity contribution in [3.05, 3.63) is 36.4 Å². The number of benzene rings is 1. The van der Waals surface area contributed by atoms with Crippen LogP contribution >= 0.6 is 0 Å². The predicted octanol–water partition coefficient (Wildman–Crippen LogP) is 1.60. The Labute approximate surface area is 76.8 Å². The van der Waals surface area contributed by atoms with Crippen molar-refractivity contribution in [1.82, 2.24) is 0 Å². The normalized spacial score (nSPS) is 15.5. The van der Waals surface area contributed by atoms with Gasteiger partial charge in [-0.1, -0.05) is 12.1 Å². The number of nitrogens with two attached hydrogens (primary N) is 1. The first kappa shape index (κ1) is 8.13. The largest absolute Gasteiger partial charge is 0.454 e. The third-order valence-electron chi connectivity index (χ3n) is 2.04. The first-order valence-electron chi connectivity index (χ1n) is 4.09. The van der Waals surface area contributed by atoms with Crippen molar-refractivity contribution in [2.24, 2.45) is 5.73 Å². The van der Waals surface area contributed by atoms with Gasteiger partial charge in [0.1, 0.15) is 0 Å². The van der Waals surface area contributed by atoms with Crippen molar-refractivity contribution in [3.8, 4) is 11.5 Å². The van der Waals surface area contributed by atoms with Crippen LogP contribution in [0, 0.1) is 0 Å². The van der Waals surface area contributed by atoms with E-state index >= 15 is 0 Å². The molecule has 3 heteroatoms. The number of rotatable bonds is 2. The Bertz CT molecular complexity index is 336. The van der Waals surface area contributed by atoms with Gasteiger partial charge in [-0.15, -0.1) is 6.58 Å². The van der Waals surface area contributed by atoms with Crippen LogP contribution in [0.3, 0.4) is 0 Å². The van der Waals surface area contributed by atoms with Gasteiger partial charge in [0.2, 0.25) is 6.79 Å². The number of hydrogen-bond donors (Lipinski definition) is 1. The summed E-state index contributed by atoms with van der Waals surface area (Å²) < 4.78 is 10.4. The monoisotopic (exact) mass is 177 g/mol. The molecule has 2 rings (SSSR count). The molecule has 0 aromatic heterocycles. The van der Waals surface area contributed by atoms with Crippen LogP contribution in [0.2, 0.25) is 0 Å². The molecule has 2 N–H and O–H groups in total. The van der Waals surface area contributed by atoms with E-state index in [1.54, 1.807) is 6.08 Å². The lowest BCUT2D eigenvalue weighted by atomic mass is 10.1. The van der Waals surface area contributed by atoms with E-state index in [0.717, 1.165) is 17.1 Å². The first-order chi connectivity index (χ1) is 6.31. The number of hydrogen-bond acceptors (Lipinski definition) is 3. The second kappa shape index (κ2) is 3.11. The molecule has 1 heterocycles. The van der Waals surface area contributed by atoms with Crippen LogP contribution in [0.5, 0.6) is 11.5 Å². The van der Waals surface area contributed by atoms with E-state index in [1.807, 2.05) is 18.2 Å². The van der Waals surface area contributed by atoms with Gasteiger partial charge in [0, 0.05) is 6.04 Å². The Morgan fingerprint density at radius 3 is 2.92 bits per heavy atom. The van der Waals surface area contributed by atoms with Crippen molar-refractivity contribution in [3.63, 3.8) is 0 Å². The summed E-state index contributed by atoms with van der Waals surface area (Å²) in [5.41, 5.74) is 6.76. The van der Waals surface area contributed by atoms with Crippen LogP contribution in [0.4, 0.5) is 0 Å². The molecule has 0 aliphatic carbocycles. The molecule has 0 saturated heterocycles. The highest BCUT2D eigenvalue weighted by Crippen LogP contribution is 2.33. The quantitative estimate of drug-likeness (QED) is 0.698. The minimum Gasteiger partial charge on any atom is -0.454 e. The zero-order valence-electron chi connectivity index (χ0n) is 7.19. The van der Waals surface area contributed by atoms with Gasteiger partial charge in [-0.3, -0.25) is 0 Å². The minimum atomic E-state index is -0.144. The lowest BCUT2D eigenvalue weighted by Gasteiger charge is -2.06. The molecule has 0 unspecified atom stereocenters. The maximum Gasteiger partial charge on any atom is 0.231 e. The molecule has 0 amide bonds. The summed E-state index contributed by atoms with van der Waals surface area (Å²) in [6.07, 6.45) is 1.69. The summed E-state index contributed by atoms with van der Waals surface area (Å²) >= 11 is 0. The van der Waals surface area contributed by atoms with Gasteiger partial charge in [0.25, 0.3) is 0 Å². The van der Waals surface area contributed by atoms with Crippen LogP contribution in [0.25, 0.3) is 0 Å². The van der Waals surface area contributed by atoms with E-state index in [9.17, 15) is 0 Å². The van der Waals surface area contributed by atoms with E-state index < -0.39 is 0 Å². The van der Waals surface area contributed by atoms with Crippen molar-refractivity contribution in [1.29, 1.82) is 0 Å². The summed E-state index contributed by atoms with van der Waals surface area (Å²) in [4.78, 5) is 0. The first-order valence-corrected chi connectivity index (χ1v) is 4.09. The molecule has 68 valence electrons.